The minimum Gasteiger partial charge on any atom is -0.495 e. The lowest BCUT2D eigenvalue weighted by atomic mass is 10.1. The van der Waals surface area contributed by atoms with E-state index in [2.05, 4.69) is 18.8 Å². The molecule has 1 aromatic heterocycles. The second kappa shape index (κ2) is 4.96. The molecule has 0 aliphatic carbocycles. The lowest BCUT2D eigenvalue weighted by molar-refractivity contribution is 0.407. The summed E-state index contributed by atoms with van der Waals surface area (Å²) in [4.78, 5) is 4.32. The minimum atomic E-state index is 0.497. The number of ether oxygens (including phenoxy) is 1. The van der Waals surface area contributed by atoms with Gasteiger partial charge in [-0.05, 0) is 18.4 Å². The SMILES string of the molecule is COc1cnc(CC(C)C)cc1CN. The zero-order valence-corrected chi connectivity index (χ0v) is 9.08. The van der Waals surface area contributed by atoms with E-state index in [1.165, 1.54) is 0 Å². The van der Waals surface area contributed by atoms with Crippen LogP contribution in [-0.4, -0.2) is 12.1 Å². The zero-order valence-electron chi connectivity index (χ0n) is 9.08. The quantitative estimate of drug-likeness (QED) is 0.794. The summed E-state index contributed by atoms with van der Waals surface area (Å²) in [5, 5.41) is 0. The van der Waals surface area contributed by atoms with E-state index in [9.17, 15) is 0 Å². The molecule has 1 aromatic rings. The summed E-state index contributed by atoms with van der Waals surface area (Å²) in [5.41, 5.74) is 7.73. The third-order valence-corrected chi connectivity index (χ3v) is 2.06. The third kappa shape index (κ3) is 2.70. The van der Waals surface area contributed by atoms with E-state index in [1.54, 1.807) is 13.3 Å². The lowest BCUT2D eigenvalue weighted by Crippen LogP contribution is -2.04. The van der Waals surface area contributed by atoms with Crippen LogP contribution in [0, 0.1) is 5.92 Å². The number of hydrogen-bond acceptors (Lipinski definition) is 3. The molecule has 14 heavy (non-hydrogen) atoms. The summed E-state index contributed by atoms with van der Waals surface area (Å²) in [7, 11) is 1.64. The van der Waals surface area contributed by atoms with Crippen molar-refractivity contribution < 1.29 is 4.74 Å². The van der Waals surface area contributed by atoms with Crippen molar-refractivity contribution in [2.75, 3.05) is 7.11 Å². The van der Waals surface area contributed by atoms with Crippen LogP contribution < -0.4 is 10.5 Å². The van der Waals surface area contributed by atoms with E-state index in [0.29, 0.717) is 12.5 Å². The van der Waals surface area contributed by atoms with Crippen molar-refractivity contribution in [1.29, 1.82) is 0 Å². The fourth-order valence-corrected chi connectivity index (χ4v) is 1.41. The van der Waals surface area contributed by atoms with Crippen molar-refractivity contribution in [1.82, 2.24) is 4.98 Å². The Labute approximate surface area is 85.3 Å². The summed E-state index contributed by atoms with van der Waals surface area (Å²) < 4.78 is 5.15. The number of rotatable bonds is 4. The van der Waals surface area contributed by atoms with Crippen molar-refractivity contribution in [2.45, 2.75) is 26.8 Å². The number of aromatic nitrogens is 1. The Morgan fingerprint density at radius 3 is 2.71 bits per heavy atom. The molecule has 0 bridgehead atoms. The number of methoxy groups -OCH3 is 1. The summed E-state index contributed by atoms with van der Waals surface area (Å²) in [6, 6.07) is 2.03. The van der Waals surface area contributed by atoms with Crippen LogP contribution in [0.5, 0.6) is 5.75 Å². The maximum atomic E-state index is 5.62. The highest BCUT2D eigenvalue weighted by molar-refractivity contribution is 5.32. The van der Waals surface area contributed by atoms with Crippen LogP contribution in [0.15, 0.2) is 12.3 Å². The standard InChI is InChI=1S/C11H18N2O/c1-8(2)4-10-5-9(6-12)11(14-3)7-13-10/h5,7-8H,4,6,12H2,1-3H3. The van der Waals surface area contributed by atoms with Gasteiger partial charge in [-0.15, -0.1) is 0 Å². The minimum absolute atomic E-state index is 0.497. The van der Waals surface area contributed by atoms with E-state index in [0.717, 1.165) is 23.4 Å². The van der Waals surface area contributed by atoms with E-state index >= 15 is 0 Å². The first-order valence-electron chi connectivity index (χ1n) is 4.89. The average molecular weight is 194 g/mol. The van der Waals surface area contributed by atoms with Gasteiger partial charge in [0, 0.05) is 17.8 Å². The van der Waals surface area contributed by atoms with Crippen LogP contribution in [0.1, 0.15) is 25.1 Å². The molecule has 3 nitrogen and oxygen atoms in total. The van der Waals surface area contributed by atoms with E-state index in [4.69, 9.17) is 10.5 Å². The molecule has 0 saturated carbocycles. The highest BCUT2D eigenvalue weighted by Gasteiger charge is 2.05. The van der Waals surface area contributed by atoms with Crippen molar-refractivity contribution in [3.05, 3.63) is 23.5 Å². The second-order valence-corrected chi connectivity index (χ2v) is 3.79. The fourth-order valence-electron chi connectivity index (χ4n) is 1.41. The Hall–Kier alpha value is -1.09. The molecule has 3 heteroatoms. The highest BCUT2D eigenvalue weighted by atomic mass is 16.5. The van der Waals surface area contributed by atoms with Gasteiger partial charge in [-0.1, -0.05) is 13.8 Å². The lowest BCUT2D eigenvalue weighted by Gasteiger charge is -2.09. The fraction of sp³-hybridized carbons (Fsp3) is 0.545. The van der Waals surface area contributed by atoms with Gasteiger partial charge in [0.2, 0.25) is 0 Å². The van der Waals surface area contributed by atoms with E-state index < -0.39 is 0 Å². The second-order valence-electron chi connectivity index (χ2n) is 3.79. The van der Waals surface area contributed by atoms with Gasteiger partial charge >= 0.3 is 0 Å². The molecule has 0 aliphatic rings. The van der Waals surface area contributed by atoms with Crippen LogP contribution in [0.2, 0.25) is 0 Å². The van der Waals surface area contributed by atoms with Crippen LogP contribution in [0.3, 0.4) is 0 Å². The molecular weight excluding hydrogens is 176 g/mol. The average Bonchev–Trinajstić information content (AvgIpc) is 2.16. The van der Waals surface area contributed by atoms with Gasteiger partial charge in [0.1, 0.15) is 5.75 Å². The molecule has 0 amide bonds. The Balaban J connectivity index is 2.89. The summed E-state index contributed by atoms with van der Waals surface area (Å²) in [5.74, 6) is 1.39. The monoisotopic (exact) mass is 194 g/mol. The zero-order chi connectivity index (χ0) is 10.6. The molecule has 78 valence electrons. The first-order valence-corrected chi connectivity index (χ1v) is 4.89. The van der Waals surface area contributed by atoms with Gasteiger partial charge < -0.3 is 10.5 Å². The largest absolute Gasteiger partial charge is 0.495 e. The molecule has 2 N–H and O–H groups in total. The predicted octanol–water partition coefficient (Wildman–Crippen LogP) is 1.75. The molecule has 0 saturated heterocycles. The third-order valence-electron chi connectivity index (χ3n) is 2.06. The van der Waals surface area contributed by atoms with Gasteiger partial charge in [0.15, 0.2) is 0 Å². The Morgan fingerprint density at radius 2 is 2.21 bits per heavy atom. The number of nitrogens with two attached hydrogens (primary N) is 1. The van der Waals surface area contributed by atoms with Crippen molar-refractivity contribution in [3.63, 3.8) is 0 Å². The number of nitrogens with zero attached hydrogens (tertiary/aromatic N) is 1. The van der Waals surface area contributed by atoms with Crippen LogP contribution in [-0.2, 0) is 13.0 Å². The molecule has 1 heterocycles. The van der Waals surface area contributed by atoms with Crippen LogP contribution in [0.25, 0.3) is 0 Å². The molecule has 1 rings (SSSR count). The van der Waals surface area contributed by atoms with Crippen molar-refractivity contribution in [2.24, 2.45) is 11.7 Å². The van der Waals surface area contributed by atoms with E-state index in [-0.39, 0.29) is 0 Å². The molecule has 0 unspecified atom stereocenters. The van der Waals surface area contributed by atoms with Gasteiger partial charge in [0.25, 0.3) is 0 Å². The van der Waals surface area contributed by atoms with Gasteiger partial charge in [0.05, 0.1) is 13.3 Å². The number of hydrogen-bond donors (Lipinski definition) is 1. The highest BCUT2D eigenvalue weighted by Crippen LogP contribution is 2.18. The molecule has 0 aliphatic heterocycles. The molecule has 0 spiro atoms. The van der Waals surface area contributed by atoms with Gasteiger partial charge in [-0.2, -0.15) is 0 Å². The molecule has 0 radical (unpaired) electrons. The van der Waals surface area contributed by atoms with Crippen molar-refractivity contribution >= 4 is 0 Å². The summed E-state index contributed by atoms with van der Waals surface area (Å²) >= 11 is 0. The Morgan fingerprint density at radius 1 is 1.50 bits per heavy atom. The van der Waals surface area contributed by atoms with Gasteiger partial charge in [-0.25, -0.2) is 0 Å². The first kappa shape index (κ1) is 11.0. The maximum Gasteiger partial charge on any atom is 0.141 e. The van der Waals surface area contributed by atoms with E-state index in [1.807, 2.05) is 6.07 Å². The Kier molecular flexibility index (Phi) is 3.89. The number of pyridine rings is 1. The summed E-state index contributed by atoms with van der Waals surface area (Å²) in [6.07, 6.45) is 2.73. The topological polar surface area (TPSA) is 48.1 Å². The van der Waals surface area contributed by atoms with Crippen LogP contribution in [0.4, 0.5) is 0 Å². The normalized spacial score (nSPS) is 10.6. The molecule has 0 aromatic carbocycles. The first-order chi connectivity index (χ1) is 6.67. The predicted molar refractivity (Wildman–Crippen MR) is 57.2 cm³/mol. The maximum absolute atomic E-state index is 5.62. The molecular formula is C11H18N2O. The van der Waals surface area contributed by atoms with Crippen molar-refractivity contribution in [3.8, 4) is 5.75 Å². The van der Waals surface area contributed by atoms with Crippen LogP contribution >= 0.6 is 0 Å². The molecule has 0 fully saturated rings. The molecule has 0 atom stereocenters. The Bertz CT molecular complexity index is 297. The smallest absolute Gasteiger partial charge is 0.141 e. The van der Waals surface area contributed by atoms with Gasteiger partial charge in [-0.3, -0.25) is 4.98 Å². The summed E-state index contributed by atoms with van der Waals surface area (Å²) in [6.45, 7) is 4.85.